The van der Waals surface area contributed by atoms with E-state index >= 15 is 0 Å². The summed E-state index contributed by atoms with van der Waals surface area (Å²) in [6.07, 6.45) is 7.51. The molecule has 1 saturated carbocycles. The van der Waals surface area contributed by atoms with Crippen LogP contribution in [0.2, 0.25) is 25.7 Å². The first kappa shape index (κ1) is 16.7. The number of hydrogen-bond acceptors (Lipinski definition) is 3. The summed E-state index contributed by atoms with van der Waals surface area (Å²) in [5.74, 6) is -0.211. The molecule has 4 heteroatoms. The SMILES string of the molecule is CCOC(C)=O.C[Si](C)(C)CCC12CCCCC1O2. The van der Waals surface area contributed by atoms with Crippen LogP contribution in [0.1, 0.15) is 46.0 Å². The van der Waals surface area contributed by atoms with Crippen molar-refractivity contribution in [2.45, 2.75) is 83.3 Å². The van der Waals surface area contributed by atoms with Crippen molar-refractivity contribution in [3.8, 4) is 0 Å². The van der Waals surface area contributed by atoms with Crippen LogP contribution in [0.3, 0.4) is 0 Å². The number of epoxide rings is 1. The largest absolute Gasteiger partial charge is 0.466 e. The monoisotopic (exact) mass is 286 g/mol. The lowest BCUT2D eigenvalue weighted by Gasteiger charge is -2.21. The summed E-state index contributed by atoms with van der Waals surface area (Å²) in [5, 5.41) is 0. The first-order valence-electron chi connectivity index (χ1n) is 7.60. The van der Waals surface area contributed by atoms with E-state index in [1.165, 1.54) is 45.1 Å². The molecule has 1 aliphatic carbocycles. The number of ether oxygens (including phenoxy) is 2. The van der Waals surface area contributed by atoms with Crippen LogP contribution in [0.25, 0.3) is 0 Å². The number of rotatable bonds is 4. The summed E-state index contributed by atoms with van der Waals surface area (Å²) in [6, 6.07) is 1.45. The highest BCUT2D eigenvalue weighted by atomic mass is 28.3. The lowest BCUT2D eigenvalue weighted by atomic mass is 9.87. The van der Waals surface area contributed by atoms with Crippen LogP contribution in [-0.2, 0) is 14.3 Å². The van der Waals surface area contributed by atoms with E-state index in [2.05, 4.69) is 24.4 Å². The van der Waals surface area contributed by atoms with Crippen molar-refractivity contribution in [2.75, 3.05) is 6.61 Å². The summed E-state index contributed by atoms with van der Waals surface area (Å²) in [7, 11) is -0.842. The predicted molar refractivity (Wildman–Crippen MR) is 81.1 cm³/mol. The van der Waals surface area contributed by atoms with Gasteiger partial charge in [-0.2, -0.15) is 0 Å². The van der Waals surface area contributed by atoms with Crippen molar-refractivity contribution in [3.63, 3.8) is 0 Å². The average Bonchev–Trinajstić information content (AvgIpc) is 3.01. The normalized spacial score (nSPS) is 28.8. The molecule has 0 radical (unpaired) electrons. The van der Waals surface area contributed by atoms with Gasteiger partial charge < -0.3 is 9.47 Å². The van der Waals surface area contributed by atoms with Crippen LogP contribution < -0.4 is 0 Å². The van der Waals surface area contributed by atoms with Crippen LogP contribution in [0.15, 0.2) is 0 Å². The summed E-state index contributed by atoms with van der Waals surface area (Å²) in [5.41, 5.74) is 0.387. The van der Waals surface area contributed by atoms with Crippen LogP contribution in [0.5, 0.6) is 0 Å². The third-order valence-electron chi connectivity index (χ3n) is 3.87. The van der Waals surface area contributed by atoms with E-state index in [1.54, 1.807) is 6.92 Å². The molecule has 0 amide bonds. The molecule has 3 nitrogen and oxygen atoms in total. The summed E-state index contributed by atoms with van der Waals surface area (Å²) < 4.78 is 10.3. The molecule has 2 fully saturated rings. The lowest BCUT2D eigenvalue weighted by molar-refractivity contribution is -0.140. The average molecular weight is 286 g/mol. The molecule has 2 rings (SSSR count). The molecule has 19 heavy (non-hydrogen) atoms. The molecule has 1 saturated heterocycles. The Morgan fingerprint density at radius 3 is 2.47 bits per heavy atom. The minimum absolute atomic E-state index is 0.211. The van der Waals surface area contributed by atoms with Gasteiger partial charge in [-0.25, -0.2) is 0 Å². The molecule has 2 unspecified atom stereocenters. The number of carbonyl (C=O) groups is 1. The summed E-state index contributed by atoms with van der Waals surface area (Å²) in [4.78, 5) is 9.82. The Morgan fingerprint density at radius 2 is 2.05 bits per heavy atom. The van der Waals surface area contributed by atoms with Gasteiger partial charge in [-0.15, -0.1) is 0 Å². The van der Waals surface area contributed by atoms with Gasteiger partial charge in [0.05, 0.1) is 18.3 Å². The van der Waals surface area contributed by atoms with Gasteiger partial charge in [0.25, 0.3) is 0 Å². The van der Waals surface area contributed by atoms with E-state index in [9.17, 15) is 4.79 Å². The molecule has 112 valence electrons. The van der Waals surface area contributed by atoms with Crippen molar-refractivity contribution in [1.29, 1.82) is 0 Å². The van der Waals surface area contributed by atoms with E-state index in [0.717, 1.165) is 0 Å². The standard InChI is InChI=1S/C11H22OSi.C4H8O2/c1-13(2,3)9-8-11-7-5-4-6-10(11)12-11;1-3-6-4(2)5/h10H,4-9H2,1-3H3;3H2,1-2H3. The van der Waals surface area contributed by atoms with E-state index in [1.807, 2.05) is 0 Å². The second kappa shape index (κ2) is 6.89. The molecule has 1 heterocycles. The molecule has 0 spiro atoms. The maximum absolute atomic E-state index is 9.82. The zero-order valence-corrected chi connectivity index (χ0v) is 14.3. The molecule has 0 aromatic carbocycles. The topological polar surface area (TPSA) is 38.8 Å². The second-order valence-electron chi connectivity index (χ2n) is 6.90. The Bertz CT molecular complexity index is 298. The van der Waals surface area contributed by atoms with Crippen LogP contribution >= 0.6 is 0 Å². The molecular weight excluding hydrogens is 256 g/mol. The fourth-order valence-electron chi connectivity index (χ4n) is 2.68. The Hall–Kier alpha value is -0.353. The highest BCUT2D eigenvalue weighted by Gasteiger charge is 2.56. The number of esters is 1. The zero-order valence-electron chi connectivity index (χ0n) is 13.3. The van der Waals surface area contributed by atoms with E-state index in [-0.39, 0.29) is 5.97 Å². The van der Waals surface area contributed by atoms with Crippen molar-refractivity contribution in [3.05, 3.63) is 0 Å². The maximum Gasteiger partial charge on any atom is 0.302 e. The molecule has 0 aromatic heterocycles. The fourth-order valence-corrected chi connectivity index (χ4v) is 3.85. The predicted octanol–water partition coefficient (Wildman–Crippen LogP) is 4.00. The van der Waals surface area contributed by atoms with E-state index in [0.29, 0.717) is 18.3 Å². The van der Waals surface area contributed by atoms with Gasteiger partial charge in [0.15, 0.2) is 0 Å². The first-order chi connectivity index (χ1) is 8.79. The minimum Gasteiger partial charge on any atom is -0.466 e. The highest BCUT2D eigenvalue weighted by Crippen LogP contribution is 2.51. The van der Waals surface area contributed by atoms with Crippen molar-refractivity contribution >= 4 is 14.0 Å². The third-order valence-corrected chi connectivity index (χ3v) is 5.62. The molecule has 0 aromatic rings. The van der Waals surface area contributed by atoms with Crippen molar-refractivity contribution < 1.29 is 14.3 Å². The van der Waals surface area contributed by atoms with Crippen LogP contribution in [-0.4, -0.2) is 32.4 Å². The smallest absolute Gasteiger partial charge is 0.302 e. The van der Waals surface area contributed by atoms with Gasteiger partial charge in [0.1, 0.15) is 0 Å². The third kappa shape index (κ3) is 6.08. The highest BCUT2D eigenvalue weighted by molar-refractivity contribution is 6.76. The van der Waals surface area contributed by atoms with Crippen molar-refractivity contribution in [1.82, 2.24) is 0 Å². The Morgan fingerprint density at radius 1 is 1.37 bits per heavy atom. The molecule has 0 bridgehead atoms. The molecule has 0 N–H and O–H groups in total. The van der Waals surface area contributed by atoms with Crippen LogP contribution in [0, 0.1) is 0 Å². The van der Waals surface area contributed by atoms with Gasteiger partial charge in [0, 0.05) is 15.0 Å². The maximum atomic E-state index is 9.82. The fraction of sp³-hybridized carbons (Fsp3) is 0.933. The Balaban J connectivity index is 0.000000258. The lowest BCUT2D eigenvalue weighted by Crippen LogP contribution is -2.26. The first-order valence-corrected chi connectivity index (χ1v) is 11.3. The molecular formula is C15H30O3Si. The van der Waals surface area contributed by atoms with Gasteiger partial charge in [-0.05, 0) is 26.2 Å². The second-order valence-corrected chi connectivity index (χ2v) is 12.5. The number of fused-ring (bicyclic) bond motifs is 1. The summed E-state index contributed by atoms with van der Waals surface area (Å²) >= 11 is 0. The van der Waals surface area contributed by atoms with Gasteiger partial charge in [0.2, 0.25) is 0 Å². The van der Waals surface area contributed by atoms with Crippen molar-refractivity contribution in [2.24, 2.45) is 0 Å². The van der Waals surface area contributed by atoms with E-state index in [4.69, 9.17) is 4.74 Å². The number of carbonyl (C=O) groups excluding carboxylic acids is 1. The summed E-state index contributed by atoms with van der Waals surface area (Å²) in [6.45, 7) is 11.0. The van der Waals surface area contributed by atoms with Gasteiger partial charge in [-0.1, -0.05) is 38.5 Å². The molecule has 1 aliphatic heterocycles. The Kier molecular flexibility index (Phi) is 6.05. The molecule has 2 atom stereocenters. The zero-order chi connectivity index (χ0) is 14.5. The Labute approximate surface area is 119 Å². The quantitative estimate of drug-likeness (QED) is 0.445. The number of hydrogen-bond donors (Lipinski definition) is 0. The van der Waals surface area contributed by atoms with Crippen LogP contribution in [0.4, 0.5) is 0 Å². The van der Waals surface area contributed by atoms with Gasteiger partial charge in [-0.3, -0.25) is 4.79 Å². The minimum atomic E-state index is -0.842. The van der Waals surface area contributed by atoms with E-state index < -0.39 is 8.07 Å². The van der Waals surface area contributed by atoms with Gasteiger partial charge >= 0.3 is 5.97 Å². The molecule has 2 aliphatic rings.